The van der Waals surface area contributed by atoms with Crippen molar-refractivity contribution in [2.75, 3.05) is 11.9 Å². The van der Waals surface area contributed by atoms with Crippen LogP contribution < -0.4 is 10.6 Å². The summed E-state index contributed by atoms with van der Waals surface area (Å²) in [4.78, 5) is 12.2. The van der Waals surface area contributed by atoms with Crippen LogP contribution in [0.5, 0.6) is 0 Å². The zero-order valence-electron chi connectivity index (χ0n) is 11.5. The summed E-state index contributed by atoms with van der Waals surface area (Å²) in [6.07, 6.45) is 0.814. The number of amides is 1. The molecule has 112 valence electrons. The van der Waals surface area contributed by atoms with Crippen LogP contribution in [-0.4, -0.2) is 22.6 Å². The number of H-pyrrole nitrogens is 1. The summed E-state index contributed by atoms with van der Waals surface area (Å²) < 4.78 is 13.7. The molecule has 21 heavy (non-hydrogen) atoms. The minimum atomic E-state index is -0.444. The van der Waals surface area contributed by atoms with Crippen molar-refractivity contribution in [3.05, 3.63) is 46.5 Å². The van der Waals surface area contributed by atoms with Gasteiger partial charge in [0.25, 0.3) is 5.91 Å². The summed E-state index contributed by atoms with van der Waals surface area (Å²) in [5.74, 6) is -0.838. The van der Waals surface area contributed by atoms with E-state index in [1.165, 1.54) is 6.07 Å². The summed E-state index contributed by atoms with van der Waals surface area (Å²) in [6.45, 7) is 3.26. The Kier molecular flexibility index (Phi) is 4.59. The Labute approximate surface area is 127 Å². The first kappa shape index (κ1) is 15.5. The molecule has 0 saturated carbocycles. The smallest absolute Gasteiger partial charge is 0.276 e. The molecular formula is C14H16ClFN4O. The zero-order chi connectivity index (χ0) is 14.1. The molecule has 0 spiro atoms. The maximum absolute atomic E-state index is 13.7. The number of aromatic amines is 1. The number of carbonyl (C=O) groups is 1. The molecule has 0 atom stereocenters. The highest BCUT2D eigenvalue weighted by molar-refractivity contribution is 6.04. The highest BCUT2D eigenvalue weighted by atomic mass is 35.5. The van der Waals surface area contributed by atoms with Gasteiger partial charge in [0.2, 0.25) is 0 Å². The Morgan fingerprint density at radius 3 is 3.00 bits per heavy atom. The van der Waals surface area contributed by atoms with E-state index in [1.807, 2.05) is 0 Å². The van der Waals surface area contributed by atoms with Gasteiger partial charge in [-0.15, -0.1) is 12.4 Å². The number of anilines is 1. The molecule has 0 aliphatic carbocycles. The van der Waals surface area contributed by atoms with E-state index in [0.717, 1.165) is 29.8 Å². The van der Waals surface area contributed by atoms with Crippen molar-refractivity contribution in [3.63, 3.8) is 0 Å². The van der Waals surface area contributed by atoms with Crippen LogP contribution in [0, 0.1) is 12.7 Å². The van der Waals surface area contributed by atoms with Gasteiger partial charge in [-0.2, -0.15) is 5.10 Å². The molecule has 2 aromatic rings. The van der Waals surface area contributed by atoms with Crippen LogP contribution >= 0.6 is 12.4 Å². The molecule has 3 rings (SSSR count). The third-order valence-electron chi connectivity index (χ3n) is 3.39. The fourth-order valence-electron chi connectivity index (χ4n) is 2.32. The van der Waals surface area contributed by atoms with E-state index in [0.29, 0.717) is 12.2 Å². The van der Waals surface area contributed by atoms with Crippen molar-refractivity contribution < 1.29 is 9.18 Å². The van der Waals surface area contributed by atoms with Gasteiger partial charge in [-0.05, 0) is 24.6 Å². The Morgan fingerprint density at radius 2 is 2.24 bits per heavy atom. The number of nitrogens with zero attached hydrogens (tertiary/aromatic N) is 1. The molecular weight excluding hydrogens is 295 g/mol. The predicted molar refractivity (Wildman–Crippen MR) is 80.3 cm³/mol. The number of aromatic nitrogens is 2. The summed E-state index contributed by atoms with van der Waals surface area (Å²) in [5, 5.41) is 12.7. The lowest BCUT2D eigenvalue weighted by Crippen LogP contribution is -2.25. The van der Waals surface area contributed by atoms with Gasteiger partial charge in [-0.3, -0.25) is 9.89 Å². The number of halogens is 2. The number of benzene rings is 1. The Morgan fingerprint density at radius 1 is 1.43 bits per heavy atom. The van der Waals surface area contributed by atoms with Gasteiger partial charge in [-0.25, -0.2) is 4.39 Å². The molecule has 1 aliphatic rings. The third-order valence-corrected chi connectivity index (χ3v) is 3.39. The average molecular weight is 311 g/mol. The van der Waals surface area contributed by atoms with Crippen molar-refractivity contribution in [1.82, 2.24) is 15.5 Å². The summed E-state index contributed by atoms with van der Waals surface area (Å²) in [7, 11) is 0. The molecule has 1 aromatic carbocycles. The first-order valence-electron chi connectivity index (χ1n) is 6.49. The van der Waals surface area contributed by atoms with E-state index in [2.05, 4.69) is 20.8 Å². The number of nitrogens with one attached hydrogen (secondary N) is 3. The van der Waals surface area contributed by atoms with Crippen LogP contribution in [-0.2, 0) is 13.0 Å². The van der Waals surface area contributed by atoms with Gasteiger partial charge in [0.1, 0.15) is 5.82 Å². The van der Waals surface area contributed by atoms with Crippen LogP contribution in [0.3, 0.4) is 0 Å². The second-order valence-corrected chi connectivity index (χ2v) is 4.89. The van der Waals surface area contributed by atoms with Crippen molar-refractivity contribution in [1.29, 1.82) is 0 Å². The van der Waals surface area contributed by atoms with Crippen LogP contribution in [0.4, 0.5) is 10.1 Å². The van der Waals surface area contributed by atoms with Gasteiger partial charge in [0.15, 0.2) is 5.69 Å². The van der Waals surface area contributed by atoms with E-state index >= 15 is 0 Å². The summed E-state index contributed by atoms with van der Waals surface area (Å²) in [5.41, 5.74) is 3.13. The van der Waals surface area contributed by atoms with Gasteiger partial charge in [-0.1, -0.05) is 6.07 Å². The minimum absolute atomic E-state index is 0. The first-order valence-corrected chi connectivity index (χ1v) is 6.49. The zero-order valence-corrected chi connectivity index (χ0v) is 12.3. The molecule has 2 heterocycles. The highest BCUT2D eigenvalue weighted by Gasteiger charge is 2.22. The topological polar surface area (TPSA) is 69.8 Å². The van der Waals surface area contributed by atoms with Gasteiger partial charge >= 0.3 is 0 Å². The Hall–Kier alpha value is -1.92. The number of hydrogen-bond acceptors (Lipinski definition) is 3. The van der Waals surface area contributed by atoms with Crippen LogP contribution in [0.2, 0.25) is 0 Å². The van der Waals surface area contributed by atoms with Crippen LogP contribution in [0.1, 0.15) is 27.3 Å². The second-order valence-electron chi connectivity index (χ2n) is 4.89. The van der Waals surface area contributed by atoms with Gasteiger partial charge in [0.05, 0.1) is 5.69 Å². The van der Waals surface area contributed by atoms with E-state index in [9.17, 15) is 9.18 Å². The van der Waals surface area contributed by atoms with Crippen molar-refractivity contribution in [2.45, 2.75) is 19.9 Å². The van der Waals surface area contributed by atoms with Gasteiger partial charge < -0.3 is 10.6 Å². The number of rotatable bonds is 2. The molecule has 0 bridgehead atoms. The number of fused-ring (bicyclic) bond motifs is 1. The maximum atomic E-state index is 13.7. The van der Waals surface area contributed by atoms with Crippen molar-refractivity contribution >= 4 is 24.0 Å². The Balaban J connectivity index is 0.00000161. The molecule has 1 amide bonds. The van der Waals surface area contributed by atoms with Crippen LogP contribution in [0.25, 0.3) is 0 Å². The van der Waals surface area contributed by atoms with E-state index in [-0.39, 0.29) is 18.1 Å². The second kappa shape index (κ2) is 6.24. The van der Waals surface area contributed by atoms with E-state index in [4.69, 9.17) is 0 Å². The maximum Gasteiger partial charge on any atom is 0.276 e. The number of carbonyl (C=O) groups excluding carboxylic acids is 1. The first-order chi connectivity index (χ1) is 9.65. The van der Waals surface area contributed by atoms with Gasteiger partial charge in [0, 0.05) is 30.8 Å². The van der Waals surface area contributed by atoms with Crippen molar-refractivity contribution in [3.8, 4) is 0 Å². The standard InChI is InChI=1S/C14H15FN4O.ClH/c1-8-2-3-12(10(15)6-8)17-14(20)13-9-7-16-5-4-11(9)18-19-13;/h2-3,6,16H,4-5,7H2,1H3,(H,17,20)(H,18,19);1H. The fourth-order valence-corrected chi connectivity index (χ4v) is 2.32. The molecule has 0 unspecified atom stereocenters. The minimum Gasteiger partial charge on any atom is -0.318 e. The largest absolute Gasteiger partial charge is 0.318 e. The quantitative estimate of drug-likeness (QED) is 0.796. The number of hydrogen-bond donors (Lipinski definition) is 3. The lowest BCUT2D eigenvalue weighted by atomic mass is 10.1. The molecule has 5 nitrogen and oxygen atoms in total. The molecule has 1 aromatic heterocycles. The predicted octanol–water partition coefficient (Wildman–Crippen LogP) is 2.18. The number of aryl methyl sites for hydroxylation is 1. The van der Waals surface area contributed by atoms with Crippen molar-refractivity contribution in [2.24, 2.45) is 0 Å². The van der Waals surface area contributed by atoms with E-state index in [1.54, 1.807) is 19.1 Å². The molecule has 0 fully saturated rings. The SMILES string of the molecule is Cc1ccc(NC(=O)c2n[nH]c3c2CNCC3)c(F)c1.Cl. The lowest BCUT2D eigenvalue weighted by Gasteiger charge is -2.13. The Bertz CT molecular complexity index is 671. The average Bonchev–Trinajstić information content (AvgIpc) is 2.86. The molecule has 1 aliphatic heterocycles. The fraction of sp³-hybridized carbons (Fsp3) is 0.286. The molecule has 7 heteroatoms. The monoisotopic (exact) mass is 310 g/mol. The van der Waals surface area contributed by atoms with E-state index < -0.39 is 11.7 Å². The highest BCUT2D eigenvalue weighted by Crippen LogP contribution is 2.19. The lowest BCUT2D eigenvalue weighted by molar-refractivity contribution is 0.102. The molecule has 0 saturated heterocycles. The van der Waals surface area contributed by atoms with Crippen LogP contribution in [0.15, 0.2) is 18.2 Å². The molecule has 0 radical (unpaired) electrons. The third kappa shape index (κ3) is 3.06. The summed E-state index contributed by atoms with van der Waals surface area (Å²) >= 11 is 0. The normalized spacial score (nSPS) is 13.2. The molecule has 3 N–H and O–H groups in total. The summed E-state index contributed by atoms with van der Waals surface area (Å²) in [6, 6.07) is 4.69.